The van der Waals surface area contributed by atoms with Gasteiger partial charge >= 0.3 is 31.0 Å². The Morgan fingerprint density at radius 3 is 1.18 bits per heavy atom. The topological polar surface area (TPSA) is 80.3 Å². The van der Waals surface area contributed by atoms with Crippen molar-refractivity contribution in [2.24, 2.45) is 0 Å². The summed E-state index contributed by atoms with van der Waals surface area (Å²) in [7, 11) is 0. The zero-order valence-electron chi connectivity index (χ0n) is 8.05. The first-order chi connectivity index (χ1) is 4.54. The van der Waals surface area contributed by atoms with Crippen LogP contribution in [0.2, 0.25) is 0 Å². The zero-order valence-corrected chi connectivity index (χ0v) is 9.05. The van der Waals surface area contributed by atoms with Crippen LogP contribution in [0.3, 0.4) is 0 Å². The smallest absolute Gasteiger partial charge is 0.550 e. The summed E-state index contributed by atoms with van der Waals surface area (Å²) in [5, 5.41) is 18.5. The molecule has 0 rings (SSSR count). The Kier molecular flexibility index (Phi) is 19.6. The van der Waals surface area contributed by atoms with E-state index >= 15 is 0 Å². The van der Waals surface area contributed by atoms with Crippen LogP contribution < -0.4 is 39.8 Å². The summed E-state index contributed by atoms with van der Waals surface area (Å²) in [6.07, 6.45) is 0.222. The van der Waals surface area contributed by atoms with Crippen molar-refractivity contribution in [2.75, 3.05) is 0 Å². The van der Waals surface area contributed by atoms with Crippen LogP contribution in [0.5, 0.6) is 0 Å². The van der Waals surface area contributed by atoms with E-state index in [1.165, 1.54) is 13.8 Å². The van der Waals surface area contributed by atoms with E-state index in [0.29, 0.717) is 0 Å². The minimum atomic E-state index is -0.995. The van der Waals surface area contributed by atoms with Gasteiger partial charge in [-0.15, -0.1) is 0 Å². The molecule has 0 saturated carbocycles. The molecule has 0 bridgehead atoms. The van der Waals surface area contributed by atoms with E-state index in [1.807, 2.05) is 0 Å². The van der Waals surface area contributed by atoms with E-state index in [9.17, 15) is 19.8 Å². The number of hydrogen-bond acceptors (Lipinski definition) is 4. The zero-order chi connectivity index (χ0) is 8.57. The Labute approximate surface area is 89.4 Å². The van der Waals surface area contributed by atoms with E-state index < -0.39 is 11.9 Å². The average Bonchev–Trinajstić information content (AvgIpc) is 1.89. The van der Waals surface area contributed by atoms with Crippen molar-refractivity contribution in [3.8, 4) is 0 Å². The molecular weight excluding hydrogens is 159 g/mol. The first kappa shape index (κ1) is 17.1. The predicted octanol–water partition coefficient (Wildman–Crippen LogP) is -4.59. The number of hydrogen-bond donors (Lipinski definition) is 0. The minimum absolute atomic E-state index is 0. The molecule has 0 aromatic carbocycles. The number of carboxylic acid groups (broad SMARTS) is 2. The molecule has 60 valence electrons. The Balaban J connectivity index is -0.0000000457. The molecule has 0 radical (unpaired) electrons. The first-order valence-electron chi connectivity index (χ1n) is 2.94. The van der Waals surface area contributed by atoms with Gasteiger partial charge in [-0.05, 0) is 12.8 Å². The number of aliphatic carboxylic acids is 2. The summed E-state index contributed by atoms with van der Waals surface area (Å²) in [5.41, 5.74) is 0. The summed E-state index contributed by atoms with van der Waals surface area (Å²) in [4.78, 5) is 18.5. The summed E-state index contributed by atoms with van der Waals surface area (Å²) < 4.78 is 0. The van der Waals surface area contributed by atoms with Crippen molar-refractivity contribution < 1.29 is 50.8 Å². The monoisotopic (exact) mass is 170 g/mol. The molecule has 0 aliphatic carbocycles. The predicted molar refractivity (Wildman–Crippen MR) is 31.7 cm³/mol. The minimum Gasteiger partial charge on any atom is -0.550 e. The number of carboxylic acids is 2. The largest absolute Gasteiger partial charge is 1.00 e. The quantitative estimate of drug-likeness (QED) is 0.391. The van der Waals surface area contributed by atoms with Crippen LogP contribution in [-0.4, -0.2) is 11.9 Å². The van der Waals surface area contributed by atoms with Crippen molar-refractivity contribution in [2.45, 2.75) is 26.7 Å². The normalized spacial score (nSPS) is 6.73. The van der Waals surface area contributed by atoms with Crippen molar-refractivity contribution in [3.05, 3.63) is 0 Å². The molecule has 0 heterocycles. The van der Waals surface area contributed by atoms with Crippen LogP contribution in [-0.2, 0) is 9.59 Å². The van der Waals surface area contributed by atoms with Crippen LogP contribution in [0.1, 0.15) is 28.1 Å². The van der Waals surface area contributed by atoms with Crippen molar-refractivity contribution >= 4 is 11.9 Å². The standard InChI is InChI=1S/2C3H6O2.Na/c2*1-2-3(4)5;/h2*2H2,1H3,(H,4,5);/q;;+1/p-1. The summed E-state index contributed by atoms with van der Waals surface area (Å²) >= 11 is 0. The van der Waals surface area contributed by atoms with Crippen LogP contribution in [0.25, 0.3) is 0 Å². The van der Waals surface area contributed by atoms with E-state index in [0.717, 1.165) is 0 Å². The molecule has 0 fully saturated rings. The number of carbonyl (C=O) groups excluding carboxylic acids is 2. The van der Waals surface area contributed by atoms with Crippen LogP contribution in [0.4, 0.5) is 0 Å². The SMILES string of the molecule is CCC(=O)[O-].CCC(=O)[O-].[H+].[Na+]. The third-order valence-corrected chi connectivity index (χ3v) is 0.577. The van der Waals surface area contributed by atoms with Gasteiger partial charge in [0.15, 0.2) is 0 Å². The second-order valence-electron chi connectivity index (χ2n) is 1.45. The molecule has 0 aromatic rings. The Morgan fingerprint density at radius 1 is 1.09 bits per heavy atom. The molecule has 0 aliphatic rings. The van der Waals surface area contributed by atoms with E-state index in [4.69, 9.17) is 0 Å². The van der Waals surface area contributed by atoms with E-state index in [2.05, 4.69) is 0 Å². The van der Waals surface area contributed by atoms with Crippen LogP contribution >= 0.6 is 0 Å². The summed E-state index contributed by atoms with van der Waals surface area (Å²) in [6.45, 7) is 3.07. The van der Waals surface area contributed by atoms with Crippen LogP contribution in [0, 0.1) is 0 Å². The van der Waals surface area contributed by atoms with Gasteiger partial charge in [0.05, 0.1) is 0 Å². The first-order valence-corrected chi connectivity index (χ1v) is 2.94. The molecule has 0 N–H and O–H groups in total. The molecule has 0 saturated heterocycles. The Hall–Kier alpha value is -0.0600. The maximum absolute atomic E-state index is 9.26. The van der Waals surface area contributed by atoms with Gasteiger partial charge in [-0.3, -0.25) is 0 Å². The van der Waals surface area contributed by atoms with Crippen molar-refractivity contribution in [1.29, 1.82) is 0 Å². The van der Waals surface area contributed by atoms with Crippen molar-refractivity contribution in [3.63, 3.8) is 0 Å². The third kappa shape index (κ3) is 40.4. The van der Waals surface area contributed by atoms with Gasteiger partial charge < -0.3 is 19.8 Å². The second kappa shape index (κ2) is 12.6. The molecule has 0 unspecified atom stereocenters. The maximum atomic E-state index is 9.26. The van der Waals surface area contributed by atoms with Gasteiger partial charge in [-0.1, -0.05) is 13.8 Å². The van der Waals surface area contributed by atoms with Gasteiger partial charge in [0.2, 0.25) is 0 Å². The van der Waals surface area contributed by atoms with Gasteiger partial charge in [-0.25, -0.2) is 0 Å². The summed E-state index contributed by atoms with van der Waals surface area (Å²) in [5.74, 6) is -1.99. The van der Waals surface area contributed by atoms with Gasteiger partial charge in [0.1, 0.15) is 0 Å². The maximum Gasteiger partial charge on any atom is 1.00 e. The van der Waals surface area contributed by atoms with Gasteiger partial charge in [0.25, 0.3) is 0 Å². The second-order valence-corrected chi connectivity index (χ2v) is 1.45. The molecule has 4 nitrogen and oxygen atoms in total. The molecule has 0 amide bonds. The Bertz CT molecular complexity index is 104. The fraction of sp³-hybridized carbons (Fsp3) is 0.667. The van der Waals surface area contributed by atoms with E-state index in [-0.39, 0.29) is 43.8 Å². The Morgan fingerprint density at radius 2 is 1.18 bits per heavy atom. The molecular formula is C6H11NaO4. The average molecular weight is 170 g/mol. The fourth-order valence-electron chi connectivity index (χ4n) is 0. The number of rotatable bonds is 2. The molecule has 5 heteroatoms. The molecule has 0 aromatic heterocycles. The van der Waals surface area contributed by atoms with Gasteiger partial charge in [-0.2, -0.15) is 0 Å². The summed E-state index contributed by atoms with van der Waals surface area (Å²) in [6, 6.07) is 0. The van der Waals surface area contributed by atoms with E-state index in [1.54, 1.807) is 0 Å². The third-order valence-electron chi connectivity index (χ3n) is 0.577. The van der Waals surface area contributed by atoms with Crippen molar-refractivity contribution in [1.82, 2.24) is 0 Å². The molecule has 0 atom stereocenters. The van der Waals surface area contributed by atoms with Crippen LogP contribution in [0.15, 0.2) is 0 Å². The number of carbonyl (C=O) groups is 2. The molecule has 11 heavy (non-hydrogen) atoms. The molecule has 0 spiro atoms. The fourth-order valence-corrected chi connectivity index (χ4v) is 0. The van der Waals surface area contributed by atoms with Gasteiger partial charge in [0, 0.05) is 11.9 Å². The molecule has 0 aliphatic heterocycles.